The van der Waals surface area contributed by atoms with Gasteiger partial charge in [0.25, 0.3) is 0 Å². The normalized spacial score (nSPS) is 11.3. The molecule has 0 atom stereocenters. The fourth-order valence-electron chi connectivity index (χ4n) is 3.02. The van der Waals surface area contributed by atoms with Gasteiger partial charge in [-0.1, -0.05) is 18.2 Å². The molecule has 0 aliphatic rings. The summed E-state index contributed by atoms with van der Waals surface area (Å²) < 4.78 is 16.5. The number of amides is 1. The molecule has 1 N–H and O–H groups in total. The van der Waals surface area contributed by atoms with E-state index in [1.54, 1.807) is 32.6 Å². The van der Waals surface area contributed by atoms with Crippen LogP contribution in [-0.4, -0.2) is 26.7 Å². The molecule has 0 bridgehead atoms. The van der Waals surface area contributed by atoms with Gasteiger partial charge in [-0.2, -0.15) is 0 Å². The van der Waals surface area contributed by atoms with E-state index in [4.69, 9.17) is 13.9 Å². The van der Waals surface area contributed by atoms with Crippen molar-refractivity contribution in [2.45, 2.75) is 6.92 Å². The molecule has 0 aliphatic heterocycles. The van der Waals surface area contributed by atoms with Gasteiger partial charge in [0.2, 0.25) is 5.91 Å². The number of hydrogen-bond acceptors (Lipinski definition) is 4. The number of furan rings is 1. The van der Waals surface area contributed by atoms with Crippen molar-refractivity contribution in [1.82, 2.24) is 5.32 Å². The number of rotatable bonds is 7. The second kappa shape index (κ2) is 8.48. The first-order chi connectivity index (χ1) is 13.6. The Morgan fingerprint density at radius 2 is 1.93 bits per heavy atom. The van der Waals surface area contributed by atoms with Crippen molar-refractivity contribution in [2.75, 3.05) is 20.8 Å². The second-order valence-electron chi connectivity index (χ2n) is 6.29. The van der Waals surface area contributed by atoms with E-state index in [1.165, 1.54) is 0 Å². The van der Waals surface area contributed by atoms with Gasteiger partial charge in [-0.15, -0.1) is 6.58 Å². The molecular formula is C23H23NO4. The Bertz CT molecular complexity index is 1030. The molecule has 1 amide bonds. The van der Waals surface area contributed by atoms with E-state index in [2.05, 4.69) is 11.9 Å². The zero-order chi connectivity index (χ0) is 20.1. The van der Waals surface area contributed by atoms with Gasteiger partial charge in [-0.25, -0.2) is 0 Å². The van der Waals surface area contributed by atoms with Crippen molar-refractivity contribution in [1.29, 1.82) is 0 Å². The Morgan fingerprint density at radius 1 is 1.18 bits per heavy atom. The van der Waals surface area contributed by atoms with Crippen LogP contribution in [0, 0.1) is 0 Å². The molecular weight excluding hydrogens is 354 g/mol. The summed E-state index contributed by atoms with van der Waals surface area (Å²) in [6, 6.07) is 11.6. The molecule has 1 aromatic heterocycles. The second-order valence-corrected chi connectivity index (χ2v) is 6.29. The molecule has 144 valence electrons. The Kier molecular flexibility index (Phi) is 5.84. The van der Waals surface area contributed by atoms with Crippen molar-refractivity contribution in [3.8, 4) is 22.6 Å². The van der Waals surface area contributed by atoms with Gasteiger partial charge in [0.1, 0.15) is 17.1 Å². The zero-order valence-corrected chi connectivity index (χ0v) is 16.2. The number of hydrogen-bond donors (Lipinski definition) is 1. The van der Waals surface area contributed by atoms with Crippen LogP contribution in [0.15, 0.2) is 65.8 Å². The topological polar surface area (TPSA) is 60.7 Å². The van der Waals surface area contributed by atoms with Gasteiger partial charge < -0.3 is 19.2 Å². The maximum atomic E-state index is 12.0. The lowest BCUT2D eigenvalue weighted by Gasteiger charge is -2.10. The number of methoxy groups -OCH3 is 2. The van der Waals surface area contributed by atoms with E-state index in [-0.39, 0.29) is 5.91 Å². The van der Waals surface area contributed by atoms with E-state index < -0.39 is 0 Å². The first-order valence-corrected chi connectivity index (χ1v) is 8.88. The average Bonchev–Trinajstić information content (AvgIpc) is 3.14. The number of benzene rings is 2. The number of allylic oxidation sites excluding steroid dienone is 1. The predicted molar refractivity (Wildman–Crippen MR) is 112 cm³/mol. The summed E-state index contributed by atoms with van der Waals surface area (Å²) in [5, 5.41) is 3.69. The monoisotopic (exact) mass is 377 g/mol. The highest BCUT2D eigenvalue weighted by atomic mass is 16.5. The zero-order valence-electron chi connectivity index (χ0n) is 16.2. The molecule has 5 nitrogen and oxygen atoms in total. The molecule has 0 aliphatic carbocycles. The summed E-state index contributed by atoms with van der Waals surface area (Å²) in [6.45, 7) is 5.90. The minimum absolute atomic E-state index is 0.179. The quantitative estimate of drug-likeness (QED) is 0.474. The van der Waals surface area contributed by atoms with Crippen LogP contribution in [0.25, 0.3) is 27.7 Å². The number of carbonyl (C=O) groups is 1. The van der Waals surface area contributed by atoms with E-state index >= 15 is 0 Å². The summed E-state index contributed by atoms with van der Waals surface area (Å²) in [7, 11) is 3.24. The minimum Gasteiger partial charge on any atom is -0.497 e. The molecule has 3 aromatic rings. The average molecular weight is 377 g/mol. The maximum absolute atomic E-state index is 12.0. The summed E-state index contributed by atoms with van der Waals surface area (Å²) in [4.78, 5) is 12.0. The molecule has 0 saturated carbocycles. The van der Waals surface area contributed by atoms with Crippen LogP contribution in [0.4, 0.5) is 0 Å². The Labute approximate surface area is 164 Å². The summed E-state index contributed by atoms with van der Waals surface area (Å²) in [5.74, 6) is 1.26. The third-order valence-corrected chi connectivity index (χ3v) is 4.49. The van der Waals surface area contributed by atoms with E-state index in [1.807, 2.05) is 43.3 Å². The van der Waals surface area contributed by atoms with Crippen LogP contribution in [0.2, 0.25) is 0 Å². The third-order valence-electron chi connectivity index (χ3n) is 4.49. The lowest BCUT2D eigenvalue weighted by atomic mass is 9.99. The standard InChI is InChI=1S/C23H23NO4/c1-5-10-24-23(25)11-15(2)18-12-19-20(14-28-22(19)13-21(18)27-4)16-6-8-17(26-3)9-7-16/h5-9,11-14H,1,10H2,2-4H3,(H,24,25)/b15-11+. The molecule has 5 heteroatoms. The van der Waals surface area contributed by atoms with E-state index in [0.29, 0.717) is 12.3 Å². The predicted octanol–water partition coefficient (Wildman–Crippen LogP) is 4.82. The molecule has 0 radical (unpaired) electrons. The van der Waals surface area contributed by atoms with Gasteiger partial charge in [-0.05, 0) is 36.3 Å². The Hall–Kier alpha value is -3.47. The van der Waals surface area contributed by atoms with Gasteiger partial charge in [0.05, 0.1) is 20.5 Å². The smallest absolute Gasteiger partial charge is 0.244 e. The highest BCUT2D eigenvalue weighted by Crippen LogP contribution is 2.37. The number of fused-ring (bicyclic) bond motifs is 1. The lowest BCUT2D eigenvalue weighted by Crippen LogP contribution is -2.20. The highest BCUT2D eigenvalue weighted by Gasteiger charge is 2.15. The summed E-state index contributed by atoms with van der Waals surface area (Å²) in [5.41, 5.74) is 4.32. The van der Waals surface area contributed by atoms with E-state index in [0.717, 1.165) is 39.0 Å². The number of ether oxygens (including phenoxy) is 2. The van der Waals surface area contributed by atoms with Crippen molar-refractivity contribution < 1.29 is 18.7 Å². The molecule has 3 rings (SSSR count). The Balaban J connectivity index is 2.06. The van der Waals surface area contributed by atoms with Gasteiger partial charge in [0.15, 0.2) is 0 Å². The first kappa shape index (κ1) is 19.3. The van der Waals surface area contributed by atoms with Crippen molar-refractivity contribution in [3.63, 3.8) is 0 Å². The number of carbonyl (C=O) groups excluding carboxylic acids is 1. The molecule has 1 heterocycles. The van der Waals surface area contributed by atoms with Gasteiger partial charge in [-0.3, -0.25) is 4.79 Å². The molecule has 0 unspecified atom stereocenters. The fraction of sp³-hybridized carbons (Fsp3) is 0.174. The van der Waals surface area contributed by atoms with Gasteiger partial charge >= 0.3 is 0 Å². The van der Waals surface area contributed by atoms with Crippen molar-refractivity contribution in [3.05, 3.63) is 67.0 Å². The lowest BCUT2D eigenvalue weighted by molar-refractivity contribution is -0.116. The van der Waals surface area contributed by atoms with Gasteiger partial charge in [0, 0.05) is 35.2 Å². The highest BCUT2D eigenvalue weighted by molar-refractivity contribution is 6.00. The van der Waals surface area contributed by atoms with Crippen LogP contribution in [-0.2, 0) is 4.79 Å². The van der Waals surface area contributed by atoms with Crippen LogP contribution in [0.1, 0.15) is 12.5 Å². The largest absolute Gasteiger partial charge is 0.497 e. The molecule has 2 aromatic carbocycles. The molecule has 0 fully saturated rings. The summed E-state index contributed by atoms with van der Waals surface area (Å²) in [6.07, 6.45) is 4.92. The minimum atomic E-state index is -0.179. The van der Waals surface area contributed by atoms with Crippen molar-refractivity contribution >= 4 is 22.4 Å². The van der Waals surface area contributed by atoms with Crippen LogP contribution in [0.3, 0.4) is 0 Å². The third kappa shape index (κ3) is 3.93. The summed E-state index contributed by atoms with van der Waals surface area (Å²) >= 11 is 0. The van der Waals surface area contributed by atoms with Crippen LogP contribution < -0.4 is 14.8 Å². The molecule has 0 spiro atoms. The van der Waals surface area contributed by atoms with E-state index in [9.17, 15) is 4.79 Å². The molecule has 28 heavy (non-hydrogen) atoms. The number of nitrogens with one attached hydrogen (secondary N) is 1. The first-order valence-electron chi connectivity index (χ1n) is 8.88. The maximum Gasteiger partial charge on any atom is 0.244 e. The SMILES string of the molecule is C=CCNC(=O)/C=C(\C)c1cc2c(-c3ccc(OC)cc3)coc2cc1OC. The molecule has 0 saturated heterocycles. The van der Waals surface area contributed by atoms with Crippen LogP contribution in [0.5, 0.6) is 11.5 Å². The Morgan fingerprint density at radius 3 is 2.57 bits per heavy atom. The fourth-order valence-corrected chi connectivity index (χ4v) is 3.02. The van der Waals surface area contributed by atoms with Crippen LogP contribution >= 0.6 is 0 Å². The van der Waals surface area contributed by atoms with Crippen molar-refractivity contribution in [2.24, 2.45) is 0 Å².